The summed E-state index contributed by atoms with van der Waals surface area (Å²) >= 11 is 3.71. The largest absolute Gasteiger partial charge is 0.507 e. The van der Waals surface area contributed by atoms with Crippen LogP contribution in [0.3, 0.4) is 0 Å². The normalized spacial score (nSPS) is 11.4. The highest BCUT2D eigenvalue weighted by atomic mass is 32.2. The molecule has 2 nitrogen and oxygen atoms in total. The van der Waals surface area contributed by atoms with Crippen LogP contribution in [0.5, 0.6) is 11.5 Å². The molecule has 0 bridgehead atoms. The van der Waals surface area contributed by atoms with Crippen LogP contribution in [0.15, 0.2) is 168 Å². The maximum Gasteiger partial charge on any atom is 0.131 e. The molecule has 0 radical (unpaired) electrons. The zero-order valence-corrected chi connectivity index (χ0v) is 32.2. The van der Waals surface area contributed by atoms with Crippen LogP contribution < -0.4 is 0 Å². The Kier molecular flexibility index (Phi) is 10.5. The third-order valence-corrected chi connectivity index (χ3v) is 12.4. The molecule has 0 saturated heterocycles. The smallest absolute Gasteiger partial charge is 0.131 e. The summed E-state index contributed by atoms with van der Waals surface area (Å²) < 4.78 is 0. The quantitative estimate of drug-likeness (QED) is 0.102. The van der Waals surface area contributed by atoms with Crippen molar-refractivity contribution in [3.63, 3.8) is 0 Å². The van der Waals surface area contributed by atoms with E-state index in [1.807, 2.05) is 23.5 Å². The SMILES string of the molecule is Cc1cc(-c2ccccc2SCCCCSc2ccccc2-c2cc(C)cc(-c3cccc4ccccc34)c2O)c(O)c(-c2cccc3ccccc23)c1. The summed E-state index contributed by atoms with van der Waals surface area (Å²) in [6, 6.07) is 54.6. The van der Waals surface area contributed by atoms with Gasteiger partial charge in [-0.25, -0.2) is 0 Å². The predicted octanol–water partition coefficient (Wildman–Crippen LogP) is 14.4. The number of unbranched alkanes of at least 4 members (excludes halogenated alkanes) is 1. The third-order valence-electron chi connectivity index (χ3n) is 10.1. The molecular formula is C50H42O2S2. The van der Waals surface area contributed by atoms with E-state index in [0.717, 1.165) is 102 Å². The summed E-state index contributed by atoms with van der Waals surface area (Å²) in [5.41, 5.74) is 9.92. The topological polar surface area (TPSA) is 40.5 Å². The van der Waals surface area contributed by atoms with E-state index in [9.17, 15) is 10.2 Å². The lowest BCUT2D eigenvalue weighted by atomic mass is 9.92. The predicted molar refractivity (Wildman–Crippen MR) is 233 cm³/mol. The van der Waals surface area contributed by atoms with Gasteiger partial charge in [-0.1, -0.05) is 121 Å². The number of thioether (sulfide) groups is 2. The van der Waals surface area contributed by atoms with Gasteiger partial charge in [0, 0.05) is 32.0 Å². The lowest BCUT2D eigenvalue weighted by Crippen LogP contribution is -1.91. The van der Waals surface area contributed by atoms with E-state index in [1.165, 1.54) is 9.79 Å². The fourth-order valence-electron chi connectivity index (χ4n) is 7.50. The van der Waals surface area contributed by atoms with Gasteiger partial charge in [0.25, 0.3) is 0 Å². The van der Waals surface area contributed by atoms with Gasteiger partial charge in [-0.15, -0.1) is 23.5 Å². The Morgan fingerprint density at radius 2 is 0.704 bits per heavy atom. The van der Waals surface area contributed by atoms with E-state index in [0.29, 0.717) is 11.5 Å². The van der Waals surface area contributed by atoms with E-state index >= 15 is 0 Å². The van der Waals surface area contributed by atoms with Crippen molar-refractivity contribution in [1.82, 2.24) is 0 Å². The molecule has 0 unspecified atom stereocenters. The molecule has 0 heterocycles. The molecule has 266 valence electrons. The van der Waals surface area contributed by atoms with E-state index < -0.39 is 0 Å². The number of aryl methyl sites for hydroxylation is 2. The van der Waals surface area contributed by atoms with Crippen molar-refractivity contribution in [1.29, 1.82) is 0 Å². The second-order valence-corrected chi connectivity index (χ2v) is 16.1. The van der Waals surface area contributed by atoms with E-state index in [-0.39, 0.29) is 0 Å². The number of phenols is 2. The van der Waals surface area contributed by atoms with Crippen LogP contribution in [-0.2, 0) is 0 Å². The monoisotopic (exact) mass is 738 g/mol. The van der Waals surface area contributed by atoms with Crippen molar-refractivity contribution in [2.24, 2.45) is 0 Å². The number of aromatic hydroxyl groups is 2. The Balaban J connectivity index is 0.964. The molecule has 0 amide bonds. The average molecular weight is 739 g/mol. The van der Waals surface area contributed by atoms with Crippen molar-refractivity contribution in [3.8, 4) is 56.0 Å². The molecular weight excluding hydrogens is 697 g/mol. The van der Waals surface area contributed by atoms with Gasteiger partial charge in [0.2, 0.25) is 0 Å². The Labute approximate surface area is 326 Å². The highest BCUT2D eigenvalue weighted by molar-refractivity contribution is 7.99. The molecule has 0 aliphatic carbocycles. The summed E-state index contributed by atoms with van der Waals surface area (Å²) in [6.07, 6.45) is 2.13. The van der Waals surface area contributed by atoms with Crippen molar-refractivity contribution in [2.75, 3.05) is 11.5 Å². The Hall–Kier alpha value is -5.42. The molecule has 0 saturated carbocycles. The fraction of sp³-hybridized carbons (Fsp3) is 0.120. The van der Waals surface area contributed by atoms with Gasteiger partial charge >= 0.3 is 0 Å². The van der Waals surface area contributed by atoms with Crippen LogP contribution in [-0.4, -0.2) is 21.7 Å². The van der Waals surface area contributed by atoms with Gasteiger partial charge in [-0.2, -0.15) is 0 Å². The Morgan fingerprint density at radius 3 is 1.15 bits per heavy atom. The van der Waals surface area contributed by atoms with Gasteiger partial charge in [0.05, 0.1) is 0 Å². The van der Waals surface area contributed by atoms with E-state index in [1.54, 1.807) is 0 Å². The molecule has 8 aromatic carbocycles. The molecule has 0 aliphatic rings. The van der Waals surface area contributed by atoms with Crippen molar-refractivity contribution in [3.05, 3.63) is 169 Å². The first-order valence-corrected chi connectivity index (χ1v) is 20.5. The second-order valence-electron chi connectivity index (χ2n) is 13.9. The highest BCUT2D eigenvalue weighted by Crippen LogP contribution is 2.46. The molecule has 0 atom stereocenters. The van der Waals surface area contributed by atoms with Crippen LogP contribution >= 0.6 is 23.5 Å². The zero-order chi connectivity index (χ0) is 37.0. The van der Waals surface area contributed by atoms with Crippen molar-refractivity contribution < 1.29 is 10.2 Å². The Bertz CT molecular complexity index is 2430. The first kappa shape index (κ1) is 35.6. The van der Waals surface area contributed by atoms with Crippen LogP contribution in [0.25, 0.3) is 66.1 Å². The second kappa shape index (κ2) is 15.9. The number of fused-ring (bicyclic) bond motifs is 2. The number of benzene rings is 8. The van der Waals surface area contributed by atoms with Gasteiger partial charge < -0.3 is 10.2 Å². The minimum absolute atomic E-state index is 0.323. The standard InChI is InChI=1S/C50H42O2S2/c1-33-29-43(39-23-13-17-35-15-3-5-19-37(35)39)49(51)45(31-33)41-21-7-9-25-47(41)53-27-11-12-28-54-48-26-10-8-22-42(48)46-32-34(2)30-44(50(46)52)40-24-14-18-36-16-4-6-20-38(36)40/h3-10,13-26,29-32,51-52H,11-12,27-28H2,1-2H3. The van der Waals surface area contributed by atoms with Crippen LogP contribution in [0.4, 0.5) is 0 Å². The van der Waals surface area contributed by atoms with Gasteiger partial charge in [0.1, 0.15) is 11.5 Å². The third kappa shape index (κ3) is 7.24. The molecule has 0 aliphatic heterocycles. The lowest BCUT2D eigenvalue weighted by molar-refractivity contribution is 0.478. The number of hydrogen-bond acceptors (Lipinski definition) is 4. The Morgan fingerprint density at radius 1 is 0.370 bits per heavy atom. The first-order chi connectivity index (χ1) is 26.5. The van der Waals surface area contributed by atoms with Gasteiger partial charge in [-0.05, 0) is 130 Å². The number of hydrogen-bond donors (Lipinski definition) is 2. The van der Waals surface area contributed by atoms with Crippen molar-refractivity contribution in [2.45, 2.75) is 36.5 Å². The van der Waals surface area contributed by atoms with E-state index in [2.05, 4.69) is 172 Å². The zero-order valence-electron chi connectivity index (χ0n) is 30.6. The van der Waals surface area contributed by atoms with Gasteiger partial charge in [-0.3, -0.25) is 0 Å². The van der Waals surface area contributed by atoms with Crippen LogP contribution in [0.2, 0.25) is 0 Å². The van der Waals surface area contributed by atoms with Crippen LogP contribution in [0, 0.1) is 13.8 Å². The lowest BCUT2D eigenvalue weighted by Gasteiger charge is -2.17. The van der Waals surface area contributed by atoms with Gasteiger partial charge in [0.15, 0.2) is 0 Å². The van der Waals surface area contributed by atoms with Crippen LogP contribution in [0.1, 0.15) is 24.0 Å². The molecule has 4 heteroatoms. The highest BCUT2D eigenvalue weighted by Gasteiger charge is 2.18. The van der Waals surface area contributed by atoms with Crippen molar-refractivity contribution >= 4 is 45.1 Å². The molecule has 2 N–H and O–H groups in total. The summed E-state index contributed by atoms with van der Waals surface area (Å²) in [5, 5.41) is 28.2. The minimum Gasteiger partial charge on any atom is -0.507 e. The maximum atomic E-state index is 11.8. The molecule has 0 fully saturated rings. The summed E-state index contributed by atoms with van der Waals surface area (Å²) in [5.74, 6) is 2.61. The minimum atomic E-state index is 0.323. The number of phenolic OH excluding ortho intramolecular Hbond substituents is 2. The molecule has 8 rings (SSSR count). The maximum absolute atomic E-state index is 11.8. The first-order valence-electron chi connectivity index (χ1n) is 18.5. The summed E-state index contributed by atoms with van der Waals surface area (Å²) in [4.78, 5) is 2.36. The van der Waals surface area contributed by atoms with E-state index in [4.69, 9.17) is 0 Å². The molecule has 0 spiro atoms. The average Bonchev–Trinajstić information content (AvgIpc) is 3.20. The molecule has 54 heavy (non-hydrogen) atoms. The number of rotatable bonds is 11. The summed E-state index contributed by atoms with van der Waals surface area (Å²) in [6.45, 7) is 4.21. The molecule has 8 aromatic rings. The molecule has 0 aromatic heterocycles. The summed E-state index contributed by atoms with van der Waals surface area (Å²) in [7, 11) is 0. The fourth-order valence-corrected chi connectivity index (χ4v) is 9.65.